The normalized spacial score (nSPS) is 11.0. The second-order valence-corrected chi connectivity index (χ2v) is 7.16. The fraction of sp³-hybridized carbons (Fsp3) is 0.350. The molecule has 0 unspecified atom stereocenters. The van der Waals surface area contributed by atoms with Crippen LogP contribution in [-0.4, -0.2) is 18.7 Å². The summed E-state index contributed by atoms with van der Waals surface area (Å²) in [4.78, 5) is 12.0. The van der Waals surface area contributed by atoms with Crippen molar-refractivity contribution in [3.05, 3.63) is 41.5 Å². The Labute approximate surface area is 154 Å². The third-order valence-corrected chi connectivity index (χ3v) is 3.66. The summed E-state index contributed by atoms with van der Waals surface area (Å²) in [5.41, 5.74) is 9.29. The van der Waals surface area contributed by atoms with Gasteiger partial charge in [0.05, 0.1) is 17.1 Å². The van der Waals surface area contributed by atoms with Crippen LogP contribution in [0.15, 0.2) is 30.3 Å². The predicted octanol–water partition coefficient (Wildman–Crippen LogP) is 5.07. The van der Waals surface area contributed by atoms with Gasteiger partial charge in [-0.2, -0.15) is 0 Å². The average Bonchev–Trinajstić information content (AvgIpc) is 2.51. The number of hydrogen-bond acceptors (Lipinski definition) is 5. The molecule has 6 heteroatoms. The standard InChI is InChI=1S/C20H27N3O3/c1-12-9-15(25-14-7-8-16(21)17(11-14)22-6)10-13(2)18(12)23-19(24)26-20(3,4)5/h7-11,22H,21H2,1-6H3,(H,23,24). The Balaban J connectivity index is 2.20. The Morgan fingerprint density at radius 1 is 1.04 bits per heavy atom. The van der Waals surface area contributed by atoms with E-state index < -0.39 is 11.7 Å². The Bertz CT molecular complexity index is 787. The van der Waals surface area contributed by atoms with Gasteiger partial charge in [-0.15, -0.1) is 0 Å². The molecular formula is C20H27N3O3. The quantitative estimate of drug-likeness (QED) is 0.665. The summed E-state index contributed by atoms with van der Waals surface area (Å²) in [5, 5.41) is 5.84. The monoisotopic (exact) mass is 357 g/mol. The van der Waals surface area contributed by atoms with Gasteiger partial charge < -0.3 is 20.5 Å². The maximum atomic E-state index is 12.0. The molecule has 0 atom stereocenters. The molecule has 0 aliphatic rings. The first kappa shape index (κ1) is 19.4. The van der Waals surface area contributed by atoms with Gasteiger partial charge >= 0.3 is 6.09 Å². The van der Waals surface area contributed by atoms with Crippen molar-refractivity contribution in [2.75, 3.05) is 23.4 Å². The van der Waals surface area contributed by atoms with Crippen LogP contribution in [0.4, 0.5) is 21.9 Å². The average molecular weight is 357 g/mol. The number of aryl methyl sites for hydroxylation is 2. The molecule has 2 aromatic rings. The minimum Gasteiger partial charge on any atom is -0.457 e. The summed E-state index contributed by atoms with van der Waals surface area (Å²) >= 11 is 0. The van der Waals surface area contributed by atoms with Crippen molar-refractivity contribution in [2.24, 2.45) is 0 Å². The Kier molecular flexibility index (Phi) is 5.65. The molecule has 2 aromatic carbocycles. The number of nitrogens with one attached hydrogen (secondary N) is 2. The van der Waals surface area contributed by atoms with Crippen LogP contribution in [0.5, 0.6) is 11.5 Å². The number of ether oxygens (including phenoxy) is 2. The highest BCUT2D eigenvalue weighted by atomic mass is 16.6. The minimum atomic E-state index is -0.547. The number of nitrogen functional groups attached to an aromatic ring is 1. The number of nitrogens with two attached hydrogens (primary N) is 1. The van der Waals surface area contributed by atoms with Gasteiger partial charge in [0.15, 0.2) is 0 Å². The van der Waals surface area contributed by atoms with E-state index in [1.807, 2.05) is 58.9 Å². The van der Waals surface area contributed by atoms with Gasteiger partial charge in [-0.3, -0.25) is 5.32 Å². The maximum absolute atomic E-state index is 12.0. The summed E-state index contributed by atoms with van der Waals surface area (Å²) in [5.74, 6) is 1.36. The lowest BCUT2D eigenvalue weighted by molar-refractivity contribution is 0.0635. The molecule has 140 valence electrons. The van der Waals surface area contributed by atoms with Crippen molar-refractivity contribution in [1.82, 2.24) is 0 Å². The molecule has 0 radical (unpaired) electrons. The van der Waals surface area contributed by atoms with Gasteiger partial charge in [-0.05, 0) is 70.0 Å². The number of anilines is 3. The van der Waals surface area contributed by atoms with Crippen LogP contribution >= 0.6 is 0 Å². The zero-order valence-electron chi connectivity index (χ0n) is 16.2. The van der Waals surface area contributed by atoms with Crippen molar-refractivity contribution in [1.29, 1.82) is 0 Å². The molecule has 0 bridgehead atoms. The van der Waals surface area contributed by atoms with Gasteiger partial charge in [0.1, 0.15) is 17.1 Å². The highest BCUT2D eigenvalue weighted by Crippen LogP contribution is 2.32. The highest BCUT2D eigenvalue weighted by Gasteiger charge is 2.18. The molecule has 1 amide bonds. The molecule has 0 saturated heterocycles. The zero-order chi connectivity index (χ0) is 19.5. The third kappa shape index (κ3) is 5.05. The third-order valence-electron chi connectivity index (χ3n) is 3.66. The predicted molar refractivity (Wildman–Crippen MR) is 106 cm³/mol. The summed E-state index contributed by atoms with van der Waals surface area (Å²) in [6.07, 6.45) is -0.477. The van der Waals surface area contributed by atoms with E-state index in [4.69, 9.17) is 15.2 Å². The molecule has 6 nitrogen and oxygen atoms in total. The minimum absolute atomic E-state index is 0.477. The van der Waals surface area contributed by atoms with E-state index in [1.54, 1.807) is 13.1 Å². The first-order valence-electron chi connectivity index (χ1n) is 8.45. The van der Waals surface area contributed by atoms with Crippen LogP contribution in [0, 0.1) is 13.8 Å². The molecule has 0 heterocycles. The molecule has 0 aliphatic carbocycles. The van der Waals surface area contributed by atoms with Crippen LogP contribution in [0.1, 0.15) is 31.9 Å². The van der Waals surface area contributed by atoms with E-state index in [0.717, 1.165) is 22.5 Å². The second-order valence-electron chi connectivity index (χ2n) is 7.16. The lowest BCUT2D eigenvalue weighted by atomic mass is 10.1. The lowest BCUT2D eigenvalue weighted by Crippen LogP contribution is -2.27. The van der Waals surface area contributed by atoms with E-state index in [1.165, 1.54) is 0 Å². The van der Waals surface area contributed by atoms with Crippen LogP contribution in [0.2, 0.25) is 0 Å². The number of hydrogen-bond donors (Lipinski definition) is 3. The van der Waals surface area contributed by atoms with E-state index in [-0.39, 0.29) is 0 Å². The highest BCUT2D eigenvalue weighted by molar-refractivity contribution is 5.87. The molecule has 26 heavy (non-hydrogen) atoms. The smallest absolute Gasteiger partial charge is 0.412 e. The van der Waals surface area contributed by atoms with Crippen molar-refractivity contribution >= 4 is 23.2 Å². The number of carbonyl (C=O) groups is 1. The molecule has 0 fully saturated rings. The van der Waals surface area contributed by atoms with Crippen molar-refractivity contribution < 1.29 is 14.3 Å². The van der Waals surface area contributed by atoms with E-state index in [9.17, 15) is 4.79 Å². The Morgan fingerprint density at radius 2 is 1.65 bits per heavy atom. The first-order valence-corrected chi connectivity index (χ1v) is 8.45. The fourth-order valence-corrected chi connectivity index (χ4v) is 2.54. The first-order chi connectivity index (χ1) is 12.1. The topological polar surface area (TPSA) is 85.6 Å². The molecule has 2 rings (SSSR count). The largest absolute Gasteiger partial charge is 0.457 e. The van der Waals surface area contributed by atoms with Gasteiger partial charge in [0, 0.05) is 13.1 Å². The second kappa shape index (κ2) is 7.56. The SMILES string of the molecule is CNc1cc(Oc2cc(C)c(NC(=O)OC(C)(C)C)c(C)c2)ccc1N. The Morgan fingerprint density at radius 3 is 2.19 bits per heavy atom. The van der Waals surface area contributed by atoms with E-state index >= 15 is 0 Å². The molecule has 0 spiro atoms. The summed E-state index contributed by atoms with van der Waals surface area (Å²) < 4.78 is 11.3. The summed E-state index contributed by atoms with van der Waals surface area (Å²) in [6, 6.07) is 9.18. The maximum Gasteiger partial charge on any atom is 0.412 e. The van der Waals surface area contributed by atoms with Crippen LogP contribution in [-0.2, 0) is 4.74 Å². The van der Waals surface area contributed by atoms with Crippen LogP contribution in [0.3, 0.4) is 0 Å². The number of rotatable bonds is 4. The summed E-state index contributed by atoms with van der Waals surface area (Å²) in [6.45, 7) is 9.31. The van der Waals surface area contributed by atoms with Gasteiger partial charge in [0.25, 0.3) is 0 Å². The molecule has 0 aliphatic heterocycles. The van der Waals surface area contributed by atoms with Gasteiger partial charge in [-0.25, -0.2) is 4.79 Å². The van der Waals surface area contributed by atoms with E-state index in [0.29, 0.717) is 17.2 Å². The molecule has 0 aromatic heterocycles. The lowest BCUT2D eigenvalue weighted by Gasteiger charge is -2.21. The van der Waals surface area contributed by atoms with Crippen molar-refractivity contribution in [3.63, 3.8) is 0 Å². The van der Waals surface area contributed by atoms with Gasteiger partial charge in [0.2, 0.25) is 0 Å². The van der Waals surface area contributed by atoms with Gasteiger partial charge in [-0.1, -0.05) is 0 Å². The number of amides is 1. The summed E-state index contributed by atoms with van der Waals surface area (Å²) in [7, 11) is 1.81. The van der Waals surface area contributed by atoms with Crippen molar-refractivity contribution in [2.45, 2.75) is 40.2 Å². The fourth-order valence-electron chi connectivity index (χ4n) is 2.54. The number of benzene rings is 2. The number of carbonyl (C=O) groups excluding carboxylic acids is 1. The van der Waals surface area contributed by atoms with Crippen LogP contribution in [0.25, 0.3) is 0 Å². The van der Waals surface area contributed by atoms with Crippen molar-refractivity contribution in [3.8, 4) is 11.5 Å². The van der Waals surface area contributed by atoms with E-state index in [2.05, 4.69) is 10.6 Å². The zero-order valence-corrected chi connectivity index (χ0v) is 16.2. The Hall–Kier alpha value is -2.89. The van der Waals surface area contributed by atoms with Crippen LogP contribution < -0.4 is 21.1 Å². The molecular weight excluding hydrogens is 330 g/mol. The molecule has 0 saturated carbocycles. The molecule has 4 N–H and O–H groups in total.